The molecular weight excluding hydrogens is 577 g/mol. The Morgan fingerprint density at radius 3 is 2.74 bits per heavy atom. The molecule has 0 radical (unpaired) electrons. The fraction of sp³-hybridized carbons (Fsp3) is 0.400. The van der Waals surface area contributed by atoms with Crippen molar-refractivity contribution in [3.8, 4) is 11.8 Å². The van der Waals surface area contributed by atoms with Crippen LogP contribution in [0.3, 0.4) is 0 Å². The van der Waals surface area contributed by atoms with Gasteiger partial charge in [-0.15, -0.1) is 11.3 Å². The third-order valence-corrected chi connectivity index (χ3v) is 9.80. The van der Waals surface area contributed by atoms with Crippen LogP contribution in [0.4, 0.5) is 19.0 Å². The summed E-state index contributed by atoms with van der Waals surface area (Å²) < 4.78 is 47.6. The maximum atomic E-state index is 13.0. The van der Waals surface area contributed by atoms with E-state index < -0.39 is 12.6 Å². The van der Waals surface area contributed by atoms with Gasteiger partial charge in [-0.1, -0.05) is 0 Å². The van der Waals surface area contributed by atoms with Crippen molar-refractivity contribution >= 4 is 38.3 Å². The van der Waals surface area contributed by atoms with E-state index in [4.69, 9.17) is 4.74 Å². The highest BCUT2D eigenvalue weighted by Gasteiger charge is 2.44. The van der Waals surface area contributed by atoms with Crippen LogP contribution >= 0.6 is 11.3 Å². The number of rotatable bonds is 7. The molecule has 5 aromatic rings. The highest BCUT2D eigenvalue weighted by Crippen LogP contribution is 2.44. The average molecular weight is 607 g/mol. The molecule has 2 aliphatic heterocycles. The summed E-state index contributed by atoms with van der Waals surface area (Å²) in [5.41, 5.74) is 4.22. The summed E-state index contributed by atoms with van der Waals surface area (Å²) in [6.45, 7) is 4.72. The predicted molar refractivity (Wildman–Crippen MR) is 157 cm³/mol. The lowest BCUT2D eigenvalue weighted by molar-refractivity contribution is -0.126. The van der Waals surface area contributed by atoms with Crippen LogP contribution in [0.15, 0.2) is 43.0 Å². The van der Waals surface area contributed by atoms with E-state index in [1.165, 1.54) is 12.4 Å². The minimum absolute atomic E-state index is 0.0859. The Kier molecular flexibility index (Phi) is 6.78. The molecule has 9 nitrogen and oxygen atoms in total. The second kappa shape index (κ2) is 10.5. The number of nitriles is 1. The summed E-state index contributed by atoms with van der Waals surface area (Å²) >= 11 is 1.14. The Balaban J connectivity index is 1.09. The van der Waals surface area contributed by atoms with Crippen LogP contribution in [0.2, 0.25) is 0 Å². The van der Waals surface area contributed by atoms with E-state index >= 15 is 0 Å². The summed E-state index contributed by atoms with van der Waals surface area (Å²) in [5.74, 6) is 1.52. The van der Waals surface area contributed by atoms with Gasteiger partial charge in [0, 0.05) is 65.2 Å². The molecule has 4 aromatic heterocycles. The number of hydrogen-bond donors (Lipinski definition) is 1. The Morgan fingerprint density at radius 2 is 1.98 bits per heavy atom. The van der Waals surface area contributed by atoms with Crippen molar-refractivity contribution in [2.45, 2.75) is 38.5 Å². The number of anilines is 1. The van der Waals surface area contributed by atoms with E-state index in [2.05, 4.69) is 42.1 Å². The van der Waals surface area contributed by atoms with E-state index in [0.717, 1.165) is 95.2 Å². The number of aromatic amines is 1. The van der Waals surface area contributed by atoms with Gasteiger partial charge in [0.2, 0.25) is 0 Å². The maximum absolute atomic E-state index is 13.0. The number of nitrogens with one attached hydrogen (secondary N) is 1. The van der Waals surface area contributed by atoms with Gasteiger partial charge in [-0.05, 0) is 37.6 Å². The SMILES string of the molecule is COc1cc2c(cc1CN1CCC3(CCN(c4ncnc5cc(CC(F)(F)F)sc45)C3)C1)cc(C#N)n2Cc1cn[nH]c1. The second-order valence-corrected chi connectivity index (χ2v) is 12.7. The predicted octanol–water partition coefficient (Wildman–Crippen LogP) is 5.50. The first kappa shape index (κ1) is 27.7. The lowest BCUT2D eigenvalue weighted by atomic mass is 9.86. The molecule has 6 heterocycles. The molecule has 2 fully saturated rings. The van der Waals surface area contributed by atoms with Crippen LogP contribution in [0.1, 0.15) is 34.5 Å². The molecule has 0 aliphatic carbocycles. The Bertz CT molecular complexity index is 1840. The molecule has 1 aromatic carbocycles. The zero-order valence-corrected chi connectivity index (χ0v) is 24.3. The largest absolute Gasteiger partial charge is 0.496 e. The quantitative estimate of drug-likeness (QED) is 0.261. The third kappa shape index (κ3) is 5.29. The fourth-order valence-electron chi connectivity index (χ4n) is 6.71. The lowest BCUT2D eigenvalue weighted by Crippen LogP contribution is -2.31. The molecule has 2 aliphatic rings. The van der Waals surface area contributed by atoms with Gasteiger partial charge in [-0.2, -0.15) is 23.5 Å². The molecule has 13 heteroatoms. The van der Waals surface area contributed by atoms with Gasteiger partial charge < -0.3 is 14.2 Å². The van der Waals surface area contributed by atoms with Gasteiger partial charge in [0.1, 0.15) is 29.7 Å². The third-order valence-electron chi connectivity index (χ3n) is 8.68. The summed E-state index contributed by atoms with van der Waals surface area (Å²) in [6.07, 6.45) is 1.86. The zero-order valence-electron chi connectivity index (χ0n) is 23.5. The van der Waals surface area contributed by atoms with Crippen LogP contribution in [-0.4, -0.2) is 69.1 Å². The van der Waals surface area contributed by atoms with E-state index in [0.29, 0.717) is 17.8 Å². The number of methoxy groups -OCH3 is 1. The van der Waals surface area contributed by atoms with Crippen molar-refractivity contribution < 1.29 is 17.9 Å². The number of benzene rings is 1. The topological polar surface area (TPSA) is 98.9 Å². The lowest BCUT2D eigenvalue weighted by Gasteiger charge is -2.25. The van der Waals surface area contributed by atoms with Crippen LogP contribution in [-0.2, 0) is 19.5 Å². The van der Waals surface area contributed by atoms with Crippen molar-refractivity contribution in [3.63, 3.8) is 0 Å². The fourth-order valence-corrected chi connectivity index (χ4v) is 7.87. The number of thiophene rings is 1. The van der Waals surface area contributed by atoms with E-state index in [-0.39, 0.29) is 10.3 Å². The van der Waals surface area contributed by atoms with Gasteiger partial charge >= 0.3 is 6.18 Å². The molecular formula is C30H29F3N8OS. The van der Waals surface area contributed by atoms with Gasteiger partial charge in [0.15, 0.2) is 0 Å². The highest BCUT2D eigenvalue weighted by atomic mass is 32.1. The van der Waals surface area contributed by atoms with Crippen molar-refractivity contribution in [2.24, 2.45) is 5.41 Å². The molecule has 222 valence electrons. The van der Waals surface area contributed by atoms with Crippen LogP contribution < -0.4 is 9.64 Å². The van der Waals surface area contributed by atoms with Crippen molar-refractivity contribution in [3.05, 3.63) is 64.7 Å². The Hall–Kier alpha value is -4.15. The molecule has 2 saturated heterocycles. The van der Waals surface area contributed by atoms with E-state index in [9.17, 15) is 18.4 Å². The monoisotopic (exact) mass is 606 g/mol. The normalized spacial score (nSPS) is 19.3. The molecule has 1 atom stereocenters. The number of hydrogen-bond acceptors (Lipinski definition) is 8. The summed E-state index contributed by atoms with van der Waals surface area (Å²) in [4.78, 5) is 13.7. The second-order valence-electron chi connectivity index (χ2n) is 11.6. The number of halogens is 3. The first-order chi connectivity index (χ1) is 20.7. The molecule has 0 bridgehead atoms. The highest BCUT2D eigenvalue weighted by molar-refractivity contribution is 7.19. The Labute approximate surface area is 249 Å². The molecule has 1 N–H and O–H groups in total. The minimum atomic E-state index is -4.25. The summed E-state index contributed by atoms with van der Waals surface area (Å²) in [5, 5.41) is 17.7. The number of alkyl halides is 3. The van der Waals surface area contributed by atoms with Gasteiger partial charge in [-0.25, -0.2) is 9.97 Å². The average Bonchev–Trinajstić information content (AvgIpc) is 3.80. The van der Waals surface area contributed by atoms with Crippen molar-refractivity contribution in [1.82, 2.24) is 29.6 Å². The van der Waals surface area contributed by atoms with Crippen molar-refractivity contribution in [1.29, 1.82) is 5.26 Å². The van der Waals surface area contributed by atoms with E-state index in [1.807, 2.05) is 22.9 Å². The van der Waals surface area contributed by atoms with Crippen molar-refractivity contribution in [2.75, 3.05) is 38.2 Å². The molecule has 1 spiro atoms. The number of nitrogens with zero attached hydrogens (tertiary/aromatic N) is 7. The van der Waals surface area contributed by atoms with Crippen LogP contribution in [0.25, 0.3) is 21.1 Å². The van der Waals surface area contributed by atoms with E-state index in [1.54, 1.807) is 13.3 Å². The number of likely N-dealkylation sites (tertiary alicyclic amines) is 1. The number of fused-ring (bicyclic) bond motifs is 2. The van der Waals surface area contributed by atoms with Gasteiger partial charge in [0.05, 0.1) is 42.0 Å². The van der Waals surface area contributed by atoms with Crippen LogP contribution in [0.5, 0.6) is 5.75 Å². The first-order valence-electron chi connectivity index (χ1n) is 14.1. The maximum Gasteiger partial charge on any atom is 0.393 e. The summed E-state index contributed by atoms with van der Waals surface area (Å²) in [6, 6.07) is 9.92. The smallest absolute Gasteiger partial charge is 0.393 e. The first-order valence-corrected chi connectivity index (χ1v) is 14.9. The Morgan fingerprint density at radius 1 is 1.12 bits per heavy atom. The molecule has 0 saturated carbocycles. The van der Waals surface area contributed by atoms with Gasteiger partial charge in [0.25, 0.3) is 0 Å². The number of H-pyrrole nitrogens is 1. The number of aromatic nitrogens is 5. The van der Waals surface area contributed by atoms with Crippen LogP contribution in [0, 0.1) is 16.7 Å². The summed E-state index contributed by atoms with van der Waals surface area (Å²) in [7, 11) is 1.67. The molecule has 0 amide bonds. The molecule has 7 rings (SSSR count). The number of ether oxygens (including phenoxy) is 1. The van der Waals surface area contributed by atoms with Gasteiger partial charge in [-0.3, -0.25) is 10.00 Å². The standard InChI is InChI=1S/C30H29F3N8OS/c1-42-26-9-25-20(7-22(11-34)41(25)14-19-12-37-38-13-19)6-21(26)15-39-4-2-29(16-39)3-5-40(17-29)28-27-24(35-18-36-28)8-23(43-27)10-30(31,32)33/h6-9,12-13,18H,2-5,10,14-17H2,1H3,(H,37,38). The molecule has 1 unspecified atom stereocenters. The minimum Gasteiger partial charge on any atom is -0.496 e. The molecule has 43 heavy (non-hydrogen) atoms. The zero-order chi connectivity index (χ0) is 29.8.